The molecule has 11 nitrogen and oxygen atoms in total. The number of carbonyl (C=O) groups excluding carboxylic acids is 2. The molecule has 0 saturated carbocycles. The second-order valence-corrected chi connectivity index (χ2v) is 8.41. The number of primary amides is 1. The van der Waals surface area contributed by atoms with Gasteiger partial charge in [0.25, 0.3) is 5.91 Å². The minimum atomic E-state index is -0.793. The van der Waals surface area contributed by atoms with Crippen molar-refractivity contribution in [2.75, 3.05) is 29.0 Å². The summed E-state index contributed by atoms with van der Waals surface area (Å²) in [4.78, 5) is 43.3. The van der Waals surface area contributed by atoms with Crippen molar-refractivity contribution >= 4 is 40.9 Å². The van der Waals surface area contributed by atoms with Crippen LogP contribution in [0.3, 0.4) is 0 Å². The number of aromatic nitrogens is 4. The molecule has 12 heteroatoms. The van der Waals surface area contributed by atoms with Crippen molar-refractivity contribution in [3.8, 4) is 11.4 Å². The van der Waals surface area contributed by atoms with E-state index in [4.69, 9.17) is 27.8 Å². The summed E-state index contributed by atoms with van der Waals surface area (Å²) in [5, 5.41) is 3.15. The van der Waals surface area contributed by atoms with Gasteiger partial charge in [-0.2, -0.15) is 0 Å². The Morgan fingerprint density at radius 3 is 2.56 bits per heavy atom. The Bertz CT molecular complexity index is 1230. The first-order chi connectivity index (χ1) is 16.3. The van der Waals surface area contributed by atoms with Crippen LogP contribution in [0.15, 0.2) is 42.9 Å². The number of hydrogen-bond acceptors (Lipinski definition) is 9. The number of carbonyl (C=O) groups is 2. The van der Waals surface area contributed by atoms with Gasteiger partial charge in [0, 0.05) is 38.3 Å². The highest BCUT2D eigenvalue weighted by Gasteiger charge is 2.34. The molecule has 1 saturated heterocycles. The summed E-state index contributed by atoms with van der Waals surface area (Å²) < 4.78 is 5.27. The van der Waals surface area contributed by atoms with Crippen molar-refractivity contribution < 1.29 is 14.3 Å². The molecule has 2 amide bonds. The lowest BCUT2D eigenvalue weighted by atomic mass is 9.93. The van der Waals surface area contributed by atoms with Crippen molar-refractivity contribution in [1.82, 2.24) is 19.9 Å². The molecule has 3 aromatic rings. The van der Waals surface area contributed by atoms with E-state index >= 15 is 0 Å². The van der Waals surface area contributed by atoms with Crippen molar-refractivity contribution in [2.24, 2.45) is 5.73 Å². The molecule has 0 radical (unpaired) electrons. The topological polar surface area (TPSA) is 162 Å². The van der Waals surface area contributed by atoms with Gasteiger partial charge in [0.1, 0.15) is 17.0 Å². The predicted molar refractivity (Wildman–Crippen MR) is 127 cm³/mol. The van der Waals surface area contributed by atoms with Gasteiger partial charge in [0.2, 0.25) is 0 Å². The zero-order valence-electron chi connectivity index (χ0n) is 18.4. The Hall–Kier alpha value is -3.99. The summed E-state index contributed by atoms with van der Waals surface area (Å²) in [6.45, 7) is 3.01. The third-order valence-electron chi connectivity index (χ3n) is 5.54. The van der Waals surface area contributed by atoms with Gasteiger partial charge in [0.15, 0.2) is 17.3 Å². The second-order valence-electron chi connectivity index (χ2n) is 8.01. The van der Waals surface area contributed by atoms with Gasteiger partial charge in [-0.25, -0.2) is 19.7 Å². The summed E-state index contributed by atoms with van der Waals surface area (Å²) in [6.07, 6.45) is 4.90. The third kappa shape index (κ3) is 4.99. The van der Waals surface area contributed by atoms with Crippen LogP contribution < -0.4 is 21.7 Å². The van der Waals surface area contributed by atoms with Gasteiger partial charge in [-0.15, -0.1) is 0 Å². The quantitative estimate of drug-likeness (QED) is 0.496. The Kier molecular flexibility index (Phi) is 6.46. The van der Waals surface area contributed by atoms with Crippen molar-refractivity contribution in [2.45, 2.75) is 25.4 Å². The van der Waals surface area contributed by atoms with E-state index < -0.39 is 17.6 Å². The van der Waals surface area contributed by atoms with Crippen LogP contribution in [-0.2, 0) is 4.74 Å². The molecule has 0 spiro atoms. The number of rotatable bonds is 5. The molecule has 5 N–H and O–H groups in total. The largest absolute Gasteiger partial charge is 0.443 e. The standard InChI is InChI=1S/C22H23ClN8O3/c1-22(34-21(25)33)6-10-31(11-7-22)15-5-3-9-27-19(15)30-20(32)17-18(24)28-12-14(29-17)16-13(23)4-2-8-26-16/h2-5,8-9,12H,6-7,10-11H2,1H3,(H2,24,28)(H2,25,33)(H,27,30,32). The molecule has 0 bridgehead atoms. The number of halogens is 1. The van der Waals surface area contributed by atoms with Crippen LogP contribution in [-0.4, -0.2) is 50.6 Å². The highest BCUT2D eigenvalue weighted by Crippen LogP contribution is 2.32. The molecule has 0 atom stereocenters. The van der Waals surface area contributed by atoms with Gasteiger partial charge in [-0.1, -0.05) is 11.6 Å². The average molecular weight is 483 g/mol. The van der Waals surface area contributed by atoms with Crippen LogP contribution in [0.25, 0.3) is 11.4 Å². The lowest BCUT2D eigenvalue weighted by molar-refractivity contribution is 0.0127. The highest BCUT2D eigenvalue weighted by molar-refractivity contribution is 6.32. The number of hydrogen-bond donors (Lipinski definition) is 3. The number of piperidine rings is 1. The molecule has 176 valence electrons. The minimum Gasteiger partial charge on any atom is -0.443 e. The summed E-state index contributed by atoms with van der Waals surface area (Å²) in [7, 11) is 0. The molecule has 0 unspecified atom stereocenters. The van der Waals surface area contributed by atoms with E-state index in [1.165, 1.54) is 6.20 Å². The average Bonchev–Trinajstić information content (AvgIpc) is 2.80. The highest BCUT2D eigenvalue weighted by atomic mass is 35.5. The SMILES string of the molecule is CC1(OC(N)=O)CCN(c2cccnc2NC(=O)c2nc(-c3ncccc3Cl)cnc2N)CC1. The molecule has 4 rings (SSSR count). The Morgan fingerprint density at radius 1 is 1.15 bits per heavy atom. The summed E-state index contributed by atoms with van der Waals surface area (Å²) in [5.74, 6) is -0.268. The van der Waals surface area contributed by atoms with E-state index in [0.29, 0.717) is 53.8 Å². The first kappa shape index (κ1) is 23.2. The molecule has 4 heterocycles. The lowest BCUT2D eigenvalue weighted by Gasteiger charge is -2.39. The number of nitrogen functional groups attached to an aromatic ring is 1. The molecular formula is C22H23ClN8O3. The van der Waals surface area contributed by atoms with E-state index in [1.54, 1.807) is 30.6 Å². The van der Waals surface area contributed by atoms with E-state index in [2.05, 4.69) is 25.3 Å². The fraction of sp³-hybridized carbons (Fsp3) is 0.273. The summed E-state index contributed by atoms with van der Waals surface area (Å²) in [5.41, 5.74) is 11.8. The van der Waals surface area contributed by atoms with Gasteiger partial charge >= 0.3 is 6.09 Å². The number of anilines is 3. The van der Waals surface area contributed by atoms with E-state index in [0.717, 1.165) is 0 Å². The van der Waals surface area contributed by atoms with Gasteiger partial charge in [-0.3, -0.25) is 9.78 Å². The van der Waals surface area contributed by atoms with Crippen LogP contribution in [0, 0.1) is 0 Å². The van der Waals surface area contributed by atoms with Gasteiger partial charge < -0.3 is 26.4 Å². The number of amides is 2. The maximum Gasteiger partial charge on any atom is 0.405 e. The first-order valence-electron chi connectivity index (χ1n) is 10.5. The van der Waals surface area contributed by atoms with Crippen LogP contribution >= 0.6 is 11.6 Å². The molecule has 0 aliphatic carbocycles. The molecule has 1 fully saturated rings. The Morgan fingerprint density at radius 2 is 1.85 bits per heavy atom. The molecule has 3 aromatic heterocycles. The fourth-order valence-corrected chi connectivity index (χ4v) is 3.95. The maximum atomic E-state index is 13.1. The van der Waals surface area contributed by atoms with Crippen molar-refractivity contribution in [3.63, 3.8) is 0 Å². The molecular weight excluding hydrogens is 460 g/mol. The molecule has 1 aliphatic heterocycles. The second kappa shape index (κ2) is 9.48. The molecule has 1 aliphatic rings. The van der Waals surface area contributed by atoms with Crippen molar-refractivity contribution in [3.05, 3.63) is 53.6 Å². The van der Waals surface area contributed by atoms with Crippen LogP contribution in [0.4, 0.5) is 22.1 Å². The monoisotopic (exact) mass is 482 g/mol. The maximum absolute atomic E-state index is 13.1. The number of pyridine rings is 2. The number of nitrogens with zero attached hydrogens (tertiary/aromatic N) is 5. The van der Waals surface area contributed by atoms with Crippen molar-refractivity contribution in [1.29, 1.82) is 0 Å². The zero-order valence-corrected chi connectivity index (χ0v) is 19.1. The first-order valence-corrected chi connectivity index (χ1v) is 10.9. The van der Waals surface area contributed by atoms with E-state index in [-0.39, 0.29) is 11.5 Å². The van der Waals surface area contributed by atoms with Crippen LogP contribution in [0.5, 0.6) is 0 Å². The Labute approximate surface area is 200 Å². The third-order valence-corrected chi connectivity index (χ3v) is 5.85. The Balaban J connectivity index is 1.55. The summed E-state index contributed by atoms with van der Waals surface area (Å²) in [6, 6.07) is 6.98. The van der Waals surface area contributed by atoms with Crippen LogP contribution in [0.2, 0.25) is 5.02 Å². The van der Waals surface area contributed by atoms with Gasteiger partial charge in [0.05, 0.1) is 16.9 Å². The molecule has 0 aromatic carbocycles. The predicted octanol–water partition coefficient (Wildman–Crippen LogP) is 2.88. The van der Waals surface area contributed by atoms with Crippen LogP contribution in [0.1, 0.15) is 30.3 Å². The summed E-state index contributed by atoms with van der Waals surface area (Å²) >= 11 is 6.20. The fourth-order valence-electron chi connectivity index (χ4n) is 3.73. The smallest absolute Gasteiger partial charge is 0.405 e. The number of nitrogens with two attached hydrogens (primary N) is 2. The normalized spacial score (nSPS) is 14.9. The zero-order chi connectivity index (χ0) is 24.3. The molecule has 34 heavy (non-hydrogen) atoms. The minimum absolute atomic E-state index is 0.0388. The number of nitrogens with one attached hydrogen (secondary N) is 1. The lowest BCUT2D eigenvalue weighted by Crippen LogP contribution is -2.46. The number of ether oxygens (including phenoxy) is 1. The van der Waals surface area contributed by atoms with Gasteiger partial charge in [-0.05, 0) is 31.2 Å². The van der Waals surface area contributed by atoms with E-state index in [9.17, 15) is 9.59 Å². The van der Waals surface area contributed by atoms with E-state index in [1.807, 2.05) is 17.9 Å².